The highest BCUT2D eigenvalue weighted by Gasteiger charge is 2.59. The molecule has 2 bridgehead atoms. The average molecular weight is 387 g/mol. The average Bonchev–Trinajstić information content (AvgIpc) is 3.41. The van der Waals surface area contributed by atoms with E-state index < -0.39 is 0 Å². The van der Waals surface area contributed by atoms with Crippen molar-refractivity contribution in [1.29, 1.82) is 0 Å². The van der Waals surface area contributed by atoms with Crippen molar-refractivity contribution in [3.8, 4) is 5.75 Å². The van der Waals surface area contributed by atoms with Crippen LogP contribution in [0.5, 0.6) is 5.75 Å². The first kappa shape index (κ1) is 17.9. The van der Waals surface area contributed by atoms with Crippen LogP contribution in [0.15, 0.2) is 60.7 Å². The van der Waals surface area contributed by atoms with Gasteiger partial charge >= 0.3 is 0 Å². The smallest absolute Gasteiger partial charge is 0.238 e. The lowest BCUT2D eigenvalue weighted by atomic mass is 9.85. The molecule has 2 amide bonds. The molecule has 2 aromatic carbocycles. The minimum absolute atomic E-state index is 0.155. The monoisotopic (exact) mass is 387 g/mol. The first-order chi connectivity index (χ1) is 14.0. The highest BCUT2D eigenvalue weighted by Crippen LogP contribution is 2.53. The van der Waals surface area contributed by atoms with E-state index in [1.807, 2.05) is 19.1 Å². The van der Waals surface area contributed by atoms with Crippen molar-refractivity contribution in [3.63, 3.8) is 0 Å². The molecule has 2 fully saturated rings. The van der Waals surface area contributed by atoms with Crippen LogP contribution in [0.25, 0.3) is 0 Å². The van der Waals surface area contributed by atoms with Gasteiger partial charge in [0.25, 0.3) is 0 Å². The molecule has 5 heteroatoms. The lowest BCUT2D eigenvalue weighted by molar-refractivity contribution is -0.123. The highest BCUT2D eigenvalue weighted by atomic mass is 16.5. The zero-order valence-corrected chi connectivity index (χ0v) is 16.1. The van der Waals surface area contributed by atoms with E-state index in [0.29, 0.717) is 17.0 Å². The van der Waals surface area contributed by atoms with E-state index in [0.717, 1.165) is 12.0 Å². The number of nitrogens with zero attached hydrogens (tertiary/aromatic N) is 1. The molecule has 0 N–H and O–H groups in total. The van der Waals surface area contributed by atoms with Gasteiger partial charge in [-0.3, -0.25) is 14.4 Å². The largest absolute Gasteiger partial charge is 0.483 e. The fraction of sp³-hybridized carbons (Fsp3) is 0.292. The first-order valence-corrected chi connectivity index (χ1v) is 9.92. The predicted octanol–water partition coefficient (Wildman–Crippen LogP) is 3.57. The Labute approximate surface area is 169 Å². The van der Waals surface area contributed by atoms with E-state index in [9.17, 15) is 14.4 Å². The van der Waals surface area contributed by atoms with Crippen molar-refractivity contribution in [2.45, 2.75) is 13.3 Å². The molecule has 2 aliphatic carbocycles. The Morgan fingerprint density at radius 3 is 2.24 bits per heavy atom. The third kappa shape index (κ3) is 2.80. The summed E-state index contributed by atoms with van der Waals surface area (Å²) in [6, 6.07) is 14.2. The van der Waals surface area contributed by atoms with Crippen molar-refractivity contribution in [3.05, 3.63) is 71.8 Å². The Hall–Kier alpha value is -3.21. The molecule has 3 aliphatic rings. The molecule has 4 atom stereocenters. The van der Waals surface area contributed by atoms with Gasteiger partial charge in [-0.05, 0) is 37.3 Å². The summed E-state index contributed by atoms with van der Waals surface area (Å²) < 4.78 is 5.77. The molecule has 1 saturated carbocycles. The Morgan fingerprint density at radius 1 is 0.966 bits per heavy atom. The van der Waals surface area contributed by atoms with Crippen molar-refractivity contribution < 1.29 is 19.1 Å². The fourth-order valence-corrected chi connectivity index (χ4v) is 4.87. The van der Waals surface area contributed by atoms with Crippen LogP contribution in [0, 0.1) is 30.6 Å². The Morgan fingerprint density at radius 2 is 1.59 bits per heavy atom. The molecular formula is C24H21NO4. The number of Topliss-reactive ketones (excluding diaryl/α,β-unsaturated/α-hetero) is 1. The fourth-order valence-electron chi connectivity index (χ4n) is 4.87. The lowest BCUT2D eigenvalue weighted by Gasteiger charge is -2.20. The molecule has 29 heavy (non-hydrogen) atoms. The second-order valence-corrected chi connectivity index (χ2v) is 8.06. The summed E-state index contributed by atoms with van der Waals surface area (Å²) >= 11 is 0. The van der Waals surface area contributed by atoms with Crippen molar-refractivity contribution in [2.24, 2.45) is 23.7 Å². The number of allylic oxidation sites excluding steroid dienone is 2. The molecule has 0 unspecified atom stereocenters. The van der Waals surface area contributed by atoms with Gasteiger partial charge in [0.1, 0.15) is 5.75 Å². The summed E-state index contributed by atoms with van der Waals surface area (Å²) in [7, 11) is 0. The van der Waals surface area contributed by atoms with Crippen molar-refractivity contribution in [2.75, 3.05) is 11.5 Å². The number of hydrogen-bond acceptors (Lipinski definition) is 4. The number of para-hydroxylation sites is 2. The van der Waals surface area contributed by atoms with Gasteiger partial charge in [0.2, 0.25) is 11.8 Å². The number of aryl methyl sites for hydroxylation is 1. The molecule has 0 radical (unpaired) electrons. The molecule has 0 aromatic heterocycles. The van der Waals surface area contributed by atoms with Gasteiger partial charge in [-0.25, -0.2) is 4.90 Å². The molecule has 146 valence electrons. The number of fused-ring (bicyclic) bond motifs is 5. The maximum Gasteiger partial charge on any atom is 0.238 e. The number of ketones is 1. The summed E-state index contributed by atoms with van der Waals surface area (Å²) in [4.78, 5) is 39.9. The van der Waals surface area contributed by atoms with Crippen LogP contribution in [-0.4, -0.2) is 24.2 Å². The lowest BCUT2D eigenvalue weighted by Crippen LogP contribution is -2.33. The number of rotatable bonds is 5. The van der Waals surface area contributed by atoms with E-state index >= 15 is 0 Å². The Balaban J connectivity index is 1.38. The maximum absolute atomic E-state index is 13.1. The number of benzene rings is 2. The quantitative estimate of drug-likeness (QED) is 0.447. The minimum atomic E-state index is -0.264. The number of carbonyl (C=O) groups excluding carboxylic acids is 3. The minimum Gasteiger partial charge on any atom is -0.483 e. The number of hydrogen-bond donors (Lipinski definition) is 0. The van der Waals surface area contributed by atoms with Crippen LogP contribution in [0.3, 0.4) is 0 Å². The third-order valence-electron chi connectivity index (χ3n) is 6.31. The molecule has 1 aliphatic heterocycles. The molecule has 5 rings (SSSR count). The molecule has 5 nitrogen and oxygen atoms in total. The van der Waals surface area contributed by atoms with Crippen LogP contribution in [0.1, 0.15) is 22.3 Å². The third-order valence-corrected chi connectivity index (χ3v) is 6.31. The van der Waals surface area contributed by atoms with E-state index in [2.05, 4.69) is 12.2 Å². The summed E-state index contributed by atoms with van der Waals surface area (Å²) in [5.74, 6) is -0.312. The van der Waals surface area contributed by atoms with E-state index in [1.54, 1.807) is 36.4 Å². The number of amides is 2. The summed E-state index contributed by atoms with van der Waals surface area (Å²) in [6.07, 6.45) is 5.04. The Kier molecular flexibility index (Phi) is 4.12. The van der Waals surface area contributed by atoms with E-state index in [1.165, 1.54) is 4.90 Å². The van der Waals surface area contributed by atoms with Gasteiger partial charge in [-0.1, -0.05) is 54.1 Å². The van der Waals surface area contributed by atoms with Gasteiger partial charge in [-0.2, -0.15) is 0 Å². The van der Waals surface area contributed by atoms with Crippen LogP contribution in [0.2, 0.25) is 0 Å². The molecule has 0 spiro atoms. The van der Waals surface area contributed by atoms with Gasteiger partial charge in [0.05, 0.1) is 17.5 Å². The van der Waals surface area contributed by atoms with Gasteiger partial charge in [0.15, 0.2) is 12.4 Å². The standard InChI is InChI=1S/C24H21NO4/c1-14-6-8-15(9-7-14)19(26)13-29-20-5-3-2-4-18(20)25-23(27)21-16-10-11-17(12-16)22(21)24(25)28/h2-11,16-17,21-22H,12-13H2,1H3/t16-,17-,21-,22-/m0/s1. The van der Waals surface area contributed by atoms with Crippen molar-refractivity contribution in [1.82, 2.24) is 0 Å². The zero-order valence-electron chi connectivity index (χ0n) is 16.1. The molecule has 2 aromatic rings. The number of ether oxygens (including phenoxy) is 1. The second kappa shape index (κ2) is 6.69. The van der Waals surface area contributed by atoms with E-state index in [4.69, 9.17) is 4.74 Å². The zero-order chi connectivity index (χ0) is 20.1. The first-order valence-electron chi connectivity index (χ1n) is 9.92. The SMILES string of the molecule is Cc1ccc(C(=O)COc2ccccc2N2C(=O)[C@@H]3[C@@H](C2=O)[C@H]2C=C[C@H]3C2)cc1. The second-order valence-electron chi connectivity index (χ2n) is 8.06. The highest BCUT2D eigenvalue weighted by molar-refractivity contribution is 6.23. The number of anilines is 1. The molecule has 1 heterocycles. The van der Waals surface area contributed by atoms with E-state index in [-0.39, 0.29) is 47.9 Å². The normalized spacial score (nSPS) is 26.9. The topological polar surface area (TPSA) is 63.7 Å². The maximum atomic E-state index is 13.1. The van der Waals surface area contributed by atoms with Gasteiger partial charge in [0, 0.05) is 5.56 Å². The number of imide groups is 1. The van der Waals surface area contributed by atoms with Crippen LogP contribution in [0.4, 0.5) is 5.69 Å². The summed E-state index contributed by atoms with van der Waals surface area (Å²) in [6.45, 7) is 1.80. The number of carbonyl (C=O) groups is 3. The predicted molar refractivity (Wildman–Crippen MR) is 108 cm³/mol. The van der Waals surface area contributed by atoms with Gasteiger partial charge < -0.3 is 4.74 Å². The van der Waals surface area contributed by atoms with Gasteiger partial charge in [-0.15, -0.1) is 0 Å². The summed E-state index contributed by atoms with van der Waals surface area (Å²) in [5, 5.41) is 0. The molecular weight excluding hydrogens is 366 g/mol. The summed E-state index contributed by atoms with van der Waals surface area (Å²) in [5.41, 5.74) is 2.07. The molecule has 1 saturated heterocycles. The Bertz CT molecular complexity index is 1010. The van der Waals surface area contributed by atoms with Crippen LogP contribution < -0.4 is 9.64 Å². The van der Waals surface area contributed by atoms with Crippen LogP contribution in [-0.2, 0) is 9.59 Å². The van der Waals surface area contributed by atoms with Crippen molar-refractivity contribution >= 4 is 23.3 Å². The van der Waals surface area contributed by atoms with Crippen LogP contribution >= 0.6 is 0 Å².